The van der Waals surface area contributed by atoms with E-state index in [9.17, 15) is 4.79 Å². The molecule has 0 aliphatic rings. The molecule has 0 aliphatic carbocycles. The molecule has 1 unspecified atom stereocenters. The molecule has 156 valence electrons. The van der Waals surface area contributed by atoms with Crippen LogP contribution in [0, 0.1) is 13.8 Å². The molecule has 0 saturated heterocycles. The van der Waals surface area contributed by atoms with Gasteiger partial charge in [-0.25, -0.2) is 9.67 Å². The van der Waals surface area contributed by atoms with Crippen LogP contribution in [0.1, 0.15) is 38.9 Å². The summed E-state index contributed by atoms with van der Waals surface area (Å²) in [6, 6.07) is 22.8. The summed E-state index contributed by atoms with van der Waals surface area (Å²) in [5, 5.41) is 7.58. The zero-order chi connectivity index (χ0) is 21.8. The summed E-state index contributed by atoms with van der Waals surface area (Å²) < 4.78 is 7.02. The van der Waals surface area contributed by atoms with E-state index in [1.54, 1.807) is 30.1 Å². The molecule has 0 spiro atoms. The van der Waals surface area contributed by atoms with E-state index in [-0.39, 0.29) is 11.9 Å². The quantitative estimate of drug-likeness (QED) is 0.509. The van der Waals surface area contributed by atoms with Crippen molar-refractivity contribution < 1.29 is 9.53 Å². The van der Waals surface area contributed by atoms with Crippen molar-refractivity contribution in [2.75, 3.05) is 7.11 Å². The molecule has 6 nitrogen and oxygen atoms in total. The Morgan fingerprint density at radius 2 is 1.68 bits per heavy atom. The van der Waals surface area contributed by atoms with Crippen molar-refractivity contribution in [3.8, 4) is 11.6 Å². The highest BCUT2D eigenvalue weighted by molar-refractivity contribution is 5.94. The third kappa shape index (κ3) is 4.48. The molecule has 2 aromatic heterocycles. The first-order chi connectivity index (χ1) is 15.0. The van der Waals surface area contributed by atoms with Gasteiger partial charge in [-0.2, -0.15) is 5.10 Å². The van der Waals surface area contributed by atoms with Crippen molar-refractivity contribution in [2.24, 2.45) is 0 Å². The fraction of sp³-hybridized carbons (Fsp3) is 0.160. The molecule has 1 atom stereocenters. The first-order valence-electron chi connectivity index (χ1n) is 10.0. The van der Waals surface area contributed by atoms with Crippen LogP contribution < -0.4 is 10.1 Å². The summed E-state index contributed by atoms with van der Waals surface area (Å²) in [7, 11) is 1.63. The summed E-state index contributed by atoms with van der Waals surface area (Å²) in [5.41, 5.74) is 4.36. The molecule has 0 radical (unpaired) electrons. The molecular formula is C25H24N4O2. The highest BCUT2D eigenvalue weighted by Crippen LogP contribution is 2.24. The number of carbonyl (C=O) groups is 1. The maximum absolute atomic E-state index is 13.0. The third-order valence-electron chi connectivity index (χ3n) is 5.09. The molecular weight excluding hydrogens is 388 g/mol. The van der Waals surface area contributed by atoms with Crippen molar-refractivity contribution >= 4 is 5.91 Å². The van der Waals surface area contributed by atoms with Crippen molar-refractivity contribution in [3.05, 3.63) is 107 Å². The lowest BCUT2D eigenvalue weighted by molar-refractivity contribution is 0.0942. The van der Waals surface area contributed by atoms with Crippen LogP contribution >= 0.6 is 0 Å². The Morgan fingerprint density at radius 1 is 0.968 bits per heavy atom. The van der Waals surface area contributed by atoms with Crippen LogP contribution in [0.5, 0.6) is 5.75 Å². The Hall–Kier alpha value is -3.93. The number of amides is 1. The van der Waals surface area contributed by atoms with Gasteiger partial charge in [0.1, 0.15) is 5.75 Å². The van der Waals surface area contributed by atoms with Gasteiger partial charge < -0.3 is 10.1 Å². The van der Waals surface area contributed by atoms with Gasteiger partial charge in [0, 0.05) is 11.9 Å². The van der Waals surface area contributed by atoms with Gasteiger partial charge in [0.2, 0.25) is 0 Å². The molecule has 2 aromatic carbocycles. The van der Waals surface area contributed by atoms with Gasteiger partial charge >= 0.3 is 0 Å². The SMILES string of the molecule is COc1ccc(C(NC(=O)c2ccc(-n3nc(C)cc3C)nc2)c2ccccc2)cc1. The first-order valence-corrected chi connectivity index (χ1v) is 10.0. The molecule has 1 amide bonds. The van der Waals surface area contributed by atoms with Crippen LogP contribution in [0.2, 0.25) is 0 Å². The van der Waals surface area contributed by atoms with E-state index >= 15 is 0 Å². The number of aryl methyl sites for hydroxylation is 2. The van der Waals surface area contributed by atoms with Gasteiger partial charge in [-0.3, -0.25) is 4.79 Å². The Labute approximate surface area is 181 Å². The van der Waals surface area contributed by atoms with Gasteiger partial charge in [-0.15, -0.1) is 0 Å². The van der Waals surface area contributed by atoms with E-state index in [1.807, 2.05) is 74.5 Å². The Morgan fingerprint density at radius 3 is 2.26 bits per heavy atom. The normalized spacial score (nSPS) is 11.7. The molecule has 0 fully saturated rings. The van der Waals surface area contributed by atoms with Crippen LogP contribution in [0.3, 0.4) is 0 Å². The largest absolute Gasteiger partial charge is 0.497 e. The molecule has 4 rings (SSSR count). The predicted molar refractivity (Wildman–Crippen MR) is 120 cm³/mol. The van der Waals surface area contributed by atoms with Gasteiger partial charge in [0.15, 0.2) is 5.82 Å². The topological polar surface area (TPSA) is 69.0 Å². The highest BCUT2D eigenvalue weighted by Gasteiger charge is 2.18. The minimum Gasteiger partial charge on any atom is -0.497 e. The number of hydrogen-bond acceptors (Lipinski definition) is 4. The van der Waals surface area contributed by atoms with Gasteiger partial charge in [-0.1, -0.05) is 42.5 Å². The number of nitrogens with one attached hydrogen (secondary N) is 1. The summed E-state index contributed by atoms with van der Waals surface area (Å²) in [5.74, 6) is 1.25. The van der Waals surface area contributed by atoms with Gasteiger partial charge in [-0.05, 0) is 55.3 Å². The summed E-state index contributed by atoms with van der Waals surface area (Å²) in [6.45, 7) is 3.91. The minimum absolute atomic E-state index is 0.197. The summed E-state index contributed by atoms with van der Waals surface area (Å²) in [4.78, 5) is 17.5. The summed E-state index contributed by atoms with van der Waals surface area (Å²) in [6.07, 6.45) is 1.58. The van der Waals surface area contributed by atoms with Gasteiger partial charge in [0.05, 0.1) is 24.4 Å². The first kappa shape index (κ1) is 20.3. The number of ether oxygens (including phenoxy) is 1. The average molecular weight is 412 g/mol. The van der Waals surface area contributed by atoms with E-state index in [1.165, 1.54) is 0 Å². The Balaban J connectivity index is 1.59. The van der Waals surface area contributed by atoms with Crippen molar-refractivity contribution in [1.29, 1.82) is 0 Å². The highest BCUT2D eigenvalue weighted by atomic mass is 16.5. The standard InChI is InChI=1S/C25H24N4O2/c1-17-15-18(2)29(28-17)23-14-11-21(16-26-23)25(30)27-24(19-7-5-4-6-8-19)20-9-12-22(31-3)13-10-20/h4-16,24H,1-3H3,(H,27,30). The second kappa shape index (κ2) is 8.83. The lowest BCUT2D eigenvalue weighted by atomic mass is 9.98. The van der Waals surface area contributed by atoms with Crippen molar-refractivity contribution in [3.63, 3.8) is 0 Å². The monoisotopic (exact) mass is 412 g/mol. The van der Waals surface area contributed by atoms with Crippen molar-refractivity contribution in [2.45, 2.75) is 19.9 Å². The fourth-order valence-electron chi connectivity index (χ4n) is 3.52. The second-order valence-corrected chi connectivity index (χ2v) is 7.33. The Bertz CT molecular complexity index is 1170. The second-order valence-electron chi connectivity index (χ2n) is 7.33. The van der Waals surface area contributed by atoms with Crippen LogP contribution in [0.15, 0.2) is 79.0 Å². The number of methoxy groups -OCH3 is 1. The van der Waals surface area contributed by atoms with Crippen LogP contribution in [0.4, 0.5) is 0 Å². The van der Waals surface area contributed by atoms with Crippen LogP contribution in [-0.2, 0) is 0 Å². The molecule has 1 N–H and O–H groups in total. The number of pyridine rings is 1. The fourth-order valence-corrected chi connectivity index (χ4v) is 3.52. The molecule has 4 aromatic rings. The average Bonchev–Trinajstić information content (AvgIpc) is 3.16. The van der Waals surface area contributed by atoms with Crippen LogP contribution in [-0.4, -0.2) is 27.8 Å². The predicted octanol–water partition coefficient (Wildman–Crippen LogP) is 4.41. The maximum Gasteiger partial charge on any atom is 0.253 e. The smallest absolute Gasteiger partial charge is 0.253 e. The van der Waals surface area contributed by atoms with E-state index < -0.39 is 0 Å². The van der Waals surface area contributed by atoms with E-state index in [4.69, 9.17) is 4.74 Å². The number of benzene rings is 2. The zero-order valence-electron chi connectivity index (χ0n) is 17.7. The Kier molecular flexibility index (Phi) is 5.80. The van der Waals surface area contributed by atoms with Crippen LogP contribution in [0.25, 0.3) is 5.82 Å². The number of aromatic nitrogens is 3. The van der Waals surface area contributed by atoms with Gasteiger partial charge in [0.25, 0.3) is 5.91 Å². The molecule has 31 heavy (non-hydrogen) atoms. The van der Waals surface area contributed by atoms with Crippen molar-refractivity contribution in [1.82, 2.24) is 20.1 Å². The molecule has 2 heterocycles. The zero-order valence-corrected chi connectivity index (χ0v) is 17.7. The van der Waals surface area contributed by atoms with E-state index in [0.29, 0.717) is 11.4 Å². The number of nitrogens with zero attached hydrogens (tertiary/aromatic N) is 3. The lowest BCUT2D eigenvalue weighted by Crippen LogP contribution is -2.29. The number of rotatable bonds is 6. The molecule has 0 bridgehead atoms. The molecule has 6 heteroatoms. The summed E-state index contributed by atoms with van der Waals surface area (Å²) >= 11 is 0. The number of carbonyl (C=O) groups excluding carboxylic acids is 1. The molecule has 0 saturated carbocycles. The van der Waals surface area contributed by atoms with E-state index in [0.717, 1.165) is 28.3 Å². The third-order valence-corrected chi connectivity index (χ3v) is 5.09. The molecule has 0 aliphatic heterocycles. The van der Waals surface area contributed by atoms with E-state index in [2.05, 4.69) is 15.4 Å². The maximum atomic E-state index is 13.0. The minimum atomic E-state index is -0.296. The lowest BCUT2D eigenvalue weighted by Gasteiger charge is -2.20. The number of hydrogen-bond donors (Lipinski definition) is 1.